The highest BCUT2D eigenvalue weighted by Gasteiger charge is 2.37. The molecule has 0 aliphatic carbocycles. The molecule has 7 nitrogen and oxygen atoms in total. The van der Waals surface area contributed by atoms with E-state index >= 15 is 0 Å². The van der Waals surface area contributed by atoms with Crippen LogP contribution in [-0.2, 0) is 10.0 Å². The van der Waals surface area contributed by atoms with Gasteiger partial charge in [-0.1, -0.05) is 29.8 Å². The number of benzene rings is 1. The molecule has 4 rings (SSSR count). The normalized spacial score (nSPS) is 17.5. The fraction of sp³-hybridized carbons (Fsp3) is 0.211. The Morgan fingerprint density at radius 1 is 1.04 bits per heavy atom. The third-order valence-corrected chi connectivity index (χ3v) is 6.95. The Labute approximate surface area is 168 Å². The fourth-order valence-electron chi connectivity index (χ4n) is 3.29. The lowest BCUT2D eigenvalue weighted by Gasteiger charge is -2.24. The zero-order chi connectivity index (χ0) is 19.6. The van der Waals surface area contributed by atoms with E-state index in [0.29, 0.717) is 30.4 Å². The largest absolute Gasteiger partial charge is 0.309 e. The number of rotatable bonds is 5. The molecule has 144 valence electrons. The van der Waals surface area contributed by atoms with E-state index in [9.17, 15) is 8.42 Å². The molecule has 1 N–H and O–H groups in total. The minimum absolute atomic E-state index is 0.121. The lowest BCUT2D eigenvalue weighted by atomic mass is 10.1. The predicted octanol–water partition coefficient (Wildman–Crippen LogP) is 3.79. The summed E-state index contributed by atoms with van der Waals surface area (Å²) in [5.74, 6) is 0.991. The first-order valence-electron chi connectivity index (χ1n) is 8.83. The van der Waals surface area contributed by atoms with Crippen LogP contribution < -0.4 is 5.32 Å². The van der Waals surface area contributed by atoms with E-state index in [1.165, 1.54) is 10.4 Å². The van der Waals surface area contributed by atoms with E-state index in [1.807, 2.05) is 12.1 Å². The molecule has 2 aromatic heterocycles. The molecule has 1 aliphatic heterocycles. The number of sulfonamides is 1. The topological polar surface area (TPSA) is 88.1 Å². The van der Waals surface area contributed by atoms with Gasteiger partial charge in [-0.05, 0) is 43.2 Å². The van der Waals surface area contributed by atoms with Crippen molar-refractivity contribution in [2.75, 3.05) is 11.9 Å². The third kappa shape index (κ3) is 3.71. The van der Waals surface area contributed by atoms with Crippen molar-refractivity contribution in [3.05, 3.63) is 71.6 Å². The molecule has 0 spiro atoms. The summed E-state index contributed by atoms with van der Waals surface area (Å²) in [5.41, 5.74) is 0.675. The molecule has 0 bridgehead atoms. The first-order chi connectivity index (χ1) is 13.6. The lowest BCUT2D eigenvalue weighted by molar-refractivity contribution is 0.391. The predicted molar refractivity (Wildman–Crippen MR) is 107 cm³/mol. The molecular weight excluding hydrogens is 398 g/mol. The zero-order valence-electron chi connectivity index (χ0n) is 14.9. The van der Waals surface area contributed by atoms with Crippen molar-refractivity contribution < 1.29 is 8.42 Å². The first-order valence-corrected chi connectivity index (χ1v) is 10.6. The van der Waals surface area contributed by atoms with Crippen molar-refractivity contribution in [3.8, 4) is 0 Å². The van der Waals surface area contributed by atoms with E-state index in [2.05, 4.69) is 20.3 Å². The third-order valence-electron chi connectivity index (χ3n) is 4.54. The van der Waals surface area contributed by atoms with Gasteiger partial charge in [-0.3, -0.25) is 0 Å². The van der Waals surface area contributed by atoms with Gasteiger partial charge in [0.05, 0.1) is 16.8 Å². The number of hydrogen-bond donors (Lipinski definition) is 1. The van der Waals surface area contributed by atoms with E-state index in [4.69, 9.17) is 11.6 Å². The lowest BCUT2D eigenvalue weighted by Crippen LogP contribution is -2.31. The van der Waals surface area contributed by atoms with Crippen LogP contribution >= 0.6 is 11.6 Å². The summed E-state index contributed by atoms with van der Waals surface area (Å²) in [7, 11) is -3.72. The molecule has 1 atom stereocenters. The van der Waals surface area contributed by atoms with Gasteiger partial charge in [0.2, 0.25) is 16.0 Å². The Balaban J connectivity index is 1.64. The standard InChI is InChI=1S/C19H18ClN5O2S/c20-14-6-1-2-9-17(14)28(26,27)25-13-4-8-16(25)15-7-3-10-18(23-15)24-19-21-11-5-12-22-19/h1-3,5-7,9-12,16H,4,8,13H2,(H,21,22,23,24)/t16-/m0/s1. The molecule has 0 saturated carbocycles. The van der Waals surface area contributed by atoms with Gasteiger partial charge in [-0.15, -0.1) is 0 Å². The SMILES string of the molecule is O=S(=O)(c1ccccc1Cl)N1CCC[C@H]1c1cccc(Nc2ncccn2)n1. The highest BCUT2D eigenvalue weighted by Crippen LogP contribution is 2.37. The van der Waals surface area contributed by atoms with Gasteiger partial charge < -0.3 is 5.32 Å². The molecule has 0 radical (unpaired) electrons. The molecular formula is C19H18ClN5O2S. The van der Waals surface area contributed by atoms with Crippen LogP contribution in [0.1, 0.15) is 24.6 Å². The van der Waals surface area contributed by atoms with E-state index in [1.54, 1.807) is 42.7 Å². The summed E-state index contributed by atoms with van der Waals surface area (Å²) in [6.45, 7) is 0.430. The highest BCUT2D eigenvalue weighted by atomic mass is 35.5. The van der Waals surface area contributed by atoms with Crippen molar-refractivity contribution in [1.29, 1.82) is 0 Å². The number of hydrogen-bond acceptors (Lipinski definition) is 6. The van der Waals surface area contributed by atoms with Crippen molar-refractivity contribution >= 4 is 33.4 Å². The van der Waals surface area contributed by atoms with Crippen molar-refractivity contribution in [1.82, 2.24) is 19.3 Å². The van der Waals surface area contributed by atoms with Gasteiger partial charge in [-0.2, -0.15) is 4.31 Å². The van der Waals surface area contributed by atoms with Gasteiger partial charge in [0.25, 0.3) is 0 Å². The van der Waals surface area contributed by atoms with Crippen molar-refractivity contribution in [3.63, 3.8) is 0 Å². The summed E-state index contributed by atoms with van der Waals surface area (Å²) in [5, 5.41) is 3.26. The average Bonchev–Trinajstić information content (AvgIpc) is 3.20. The quantitative estimate of drug-likeness (QED) is 0.682. The van der Waals surface area contributed by atoms with E-state index in [0.717, 1.165) is 6.42 Å². The van der Waals surface area contributed by atoms with Crippen LogP contribution in [0.3, 0.4) is 0 Å². The Kier molecular flexibility index (Phi) is 5.25. The maximum absolute atomic E-state index is 13.2. The van der Waals surface area contributed by atoms with Crippen LogP contribution in [0.15, 0.2) is 65.8 Å². The zero-order valence-corrected chi connectivity index (χ0v) is 16.4. The first kappa shape index (κ1) is 18.8. The summed E-state index contributed by atoms with van der Waals surface area (Å²) in [4.78, 5) is 13.0. The van der Waals surface area contributed by atoms with Crippen LogP contribution in [0.5, 0.6) is 0 Å². The van der Waals surface area contributed by atoms with Gasteiger partial charge in [0.15, 0.2) is 0 Å². The van der Waals surface area contributed by atoms with Gasteiger partial charge in [0.1, 0.15) is 10.7 Å². The Morgan fingerprint density at radius 2 is 1.82 bits per heavy atom. The average molecular weight is 416 g/mol. The number of aromatic nitrogens is 3. The summed E-state index contributed by atoms with van der Waals surface area (Å²) in [6, 6.07) is 13.4. The number of halogens is 1. The number of anilines is 2. The van der Waals surface area contributed by atoms with Crippen LogP contribution in [0.2, 0.25) is 5.02 Å². The Morgan fingerprint density at radius 3 is 2.61 bits per heavy atom. The fourth-order valence-corrected chi connectivity index (χ4v) is 5.45. The minimum atomic E-state index is -3.72. The second kappa shape index (κ2) is 7.83. The van der Waals surface area contributed by atoms with E-state index < -0.39 is 10.0 Å². The highest BCUT2D eigenvalue weighted by molar-refractivity contribution is 7.89. The molecule has 1 saturated heterocycles. The molecule has 28 heavy (non-hydrogen) atoms. The molecule has 9 heteroatoms. The molecule has 1 aromatic carbocycles. The smallest absolute Gasteiger partial charge is 0.245 e. The van der Waals surface area contributed by atoms with Crippen LogP contribution in [0, 0.1) is 0 Å². The van der Waals surface area contributed by atoms with Crippen LogP contribution in [-0.4, -0.2) is 34.2 Å². The molecule has 1 aliphatic rings. The van der Waals surface area contributed by atoms with Crippen molar-refractivity contribution in [2.24, 2.45) is 0 Å². The number of pyridine rings is 1. The number of nitrogens with one attached hydrogen (secondary N) is 1. The Bertz CT molecular complexity index is 1080. The second-order valence-corrected chi connectivity index (χ2v) is 8.62. The minimum Gasteiger partial charge on any atom is -0.309 e. The van der Waals surface area contributed by atoms with Gasteiger partial charge in [-0.25, -0.2) is 23.4 Å². The van der Waals surface area contributed by atoms with Crippen LogP contribution in [0.25, 0.3) is 0 Å². The molecule has 0 unspecified atom stereocenters. The Hall–Kier alpha value is -2.55. The molecule has 0 amide bonds. The van der Waals surface area contributed by atoms with Gasteiger partial charge in [0, 0.05) is 18.9 Å². The van der Waals surface area contributed by atoms with Gasteiger partial charge >= 0.3 is 0 Å². The maximum Gasteiger partial charge on any atom is 0.245 e. The monoisotopic (exact) mass is 415 g/mol. The summed E-state index contributed by atoms with van der Waals surface area (Å²) >= 11 is 6.15. The summed E-state index contributed by atoms with van der Waals surface area (Å²) < 4.78 is 27.9. The molecule has 3 aromatic rings. The molecule has 1 fully saturated rings. The van der Waals surface area contributed by atoms with Crippen molar-refractivity contribution in [2.45, 2.75) is 23.8 Å². The maximum atomic E-state index is 13.2. The summed E-state index contributed by atoms with van der Waals surface area (Å²) in [6.07, 6.45) is 4.72. The van der Waals surface area contributed by atoms with E-state index in [-0.39, 0.29) is 16.0 Å². The number of nitrogens with zero attached hydrogens (tertiary/aromatic N) is 4. The van der Waals surface area contributed by atoms with Crippen LogP contribution in [0.4, 0.5) is 11.8 Å². The molecule has 3 heterocycles. The second-order valence-electron chi connectivity index (χ2n) is 6.35.